The third-order valence-corrected chi connectivity index (χ3v) is 5.55. The second kappa shape index (κ2) is 8.24. The number of Topliss-reactive ketones (excluding diaryl/α,β-unsaturated/α-hetero) is 1. The van der Waals surface area contributed by atoms with Gasteiger partial charge in [0.05, 0.1) is 38.4 Å². The van der Waals surface area contributed by atoms with Crippen molar-refractivity contribution < 1.29 is 24.2 Å². The molecule has 0 aliphatic carbocycles. The zero-order valence-electron chi connectivity index (χ0n) is 17.4. The highest BCUT2D eigenvalue weighted by atomic mass is 16.5. The number of ketones is 1. The summed E-state index contributed by atoms with van der Waals surface area (Å²) in [5.41, 5.74) is 0.240. The van der Waals surface area contributed by atoms with Crippen molar-refractivity contribution in [3.63, 3.8) is 0 Å². The molecule has 0 saturated carbocycles. The lowest BCUT2D eigenvalue weighted by molar-refractivity contribution is -0.136. The van der Waals surface area contributed by atoms with E-state index in [2.05, 4.69) is 0 Å². The fourth-order valence-corrected chi connectivity index (χ4v) is 3.96. The van der Waals surface area contributed by atoms with E-state index in [4.69, 9.17) is 9.47 Å². The number of ether oxygens (including phenoxy) is 2. The molecule has 0 bridgehead atoms. The number of benzene rings is 3. The van der Waals surface area contributed by atoms with Crippen LogP contribution >= 0.6 is 0 Å². The molecular weight excluding hydrogens is 394 g/mol. The third kappa shape index (κ3) is 3.66. The number of fused-ring (bicyclic) bond motifs is 1. The molecule has 1 N–H and O–H groups in total. The molecule has 1 amide bonds. The molecule has 6 nitrogen and oxygen atoms in total. The first kappa shape index (κ1) is 20.6. The maximum absolute atomic E-state index is 13.4. The summed E-state index contributed by atoms with van der Waals surface area (Å²) in [4.78, 5) is 28.1. The number of amides is 1. The van der Waals surface area contributed by atoms with Gasteiger partial charge in [-0.2, -0.15) is 0 Å². The molecule has 1 atom stereocenters. The van der Waals surface area contributed by atoms with Crippen molar-refractivity contribution in [1.82, 2.24) is 0 Å². The predicted molar refractivity (Wildman–Crippen MR) is 116 cm³/mol. The summed E-state index contributed by atoms with van der Waals surface area (Å²) in [6, 6.07) is 21.4. The van der Waals surface area contributed by atoms with Gasteiger partial charge in [-0.1, -0.05) is 48.5 Å². The van der Waals surface area contributed by atoms with Crippen LogP contribution in [0.3, 0.4) is 0 Å². The Labute approximate surface area is 180 Å². The number of methoxy groups -OCH3 is 2. The van der Waals surface area contributed by atoms with Gasteiger partial charge in [0.15, 0.2) is 11.4 Å². The Bertz CT molecular complexity index is 1130. The Balaban J connectivity index is 1.70. The summed E-state index contributed by atoms with van der Waals surface area (Å²) in [6.45, 7) is 0.301. The predicted octanol–water partition coefficient (Wildman–Crippen LogP) is 3.71. The van der Waals surface area contributed by atoms with Crippen LogP contribution in [0.4, 0.5) is 5.69 Å². The largest absolute Gasteiger partial charge is 0.497 e. The highest BCUT2D eigenvalue weighted by Crippen LogP contribution is 2.44. The zero-order chi connectivity index (χ0) is 22.0. The molecule has 4 rings (SSSR count). The second-order valence-corrected chi connectivity index (χ2v) is 7.42. The Morgan fingerprint density at radius 1 is 0.968 bits per heavy atom. The summed E-state index contributed by atoms with van der Waals surface area (Å²) in [5, 5.41) is 11.5. The van der Waals surface area contributed by atoms with Crippen LogP contribution in [-0.2, 0) is 16.9 Å². The van der Waals surface area contributed by atoms with Gasteiger partial charge in [0.1, 0.15) is 11.5 Å². The summed E-state index contributed by atoms with van der Waals surface area (Å²) in [7, 11) is 2.97. The quantitative estimate of drug-likeness (QED) is 0.593. The summed E-state index contributed by atoms with van der Waals surface area (Å²) >= 11 is 0. The number of carbonyl (C=O) groups excluding carboxylic acids is 2. The number of carbonyl (C=O) groups is 2. The van der Waals surface area contributed by atoms with Gasteiger partial charge in [-0.3, -0.25) is 9.59 Å². The SMILES string of the molecule is COc1ccc(OC)c(C(=O)CC2(O)C(=O)N(Cc3ccccc3)c3ccccc32)c1. The van der Waals surface area contributed by atoms with E-state index in [9.17, 15) is 14.7 Å². The Hall–Kier alpha value is -3.64. The zero-order valence-corrected chi connectivity index (χ0v) is 17.4. The number of rotatable bonds is 7. The van der Waals surface area contributed by atoms with Crippen LogP contribution in [0.5, 0.6) is 11.5 Å². The highest BCUT2D eigenvalue weighted by Gasteiger charge is 2.51. The van der Waals surface area contributed by atoms with Crippen molar-refractivity contribution >= 4 is 17.4 Å². The maximum atomic E-state index is 13.4. The van der Waals surface area contributed by atoms with E-state index in [1.54, 1.807) is 36.4 Å². The van der Waals surface area contributed by atoms with Gasteiger partial charge in [0.25, 0.3) is 5.91 Å². The van der Waals surface area contributed by atoms with E-state index in [-0.39, 0.29) is 5.56 Å². The lowest BCUT2D eigenvalue weighted by atomic mass is 9.88. The summed E-state index contributed by atoms with van der Waals surface area (Å²) in [5.74, 6) is -0.0926. The summed E-state index contributed by atoms with van der Waals surface area (Å²) < 4.78 is 10.5. The van der Waals surface area contributed by atoms with E-state index in [0.29, 0.717) is 29.3 Å². The lowest BCUT2D eigenvalue weighted by Crippen LogP contribution is -2.41. The molecule has 1 aliphatic rings. The van der Waals surface area contributed by atoms with Crippen LogP contribution < -0.4 is 14.4 Å². The number of hydrogen-bond acceptors (Lipinski definition) is 5. The number of nitrogens with zero attached hydrogens (tertiary/aromatic N) is 1. The van der Waals surface area contributed by atoms with Gasteiger partial charge in [0, 0.05) is 5.56 Å². The minimum absolute atomic E-state index is 0.252. The molecule has 31 heavy (non-hydrogen) atoms. The van der Waals surface area contributed by atoms with Crippen LogP contribution in [-0.4, -0.2) is 31.0 Å². The molecule has 1 aliphatic heterocycles. The van der Waals surface area contributed by atoms with Gasteiger partial charge in [-0.05, 0) is 29.8 Å². The molecule has 0 radical (unpaired) electrons. The van der Waals surface area contributed by atoms with Crippen LogP contribution in [0, 0.1) is 0 Å². The molecular formula is C25H23NO5. The molecule has 6 heteroatoms. The van der Waals surface area contributed by atoms with Crippen LogP contribution in [0.15, 0.2) is 72.8 Å². The highest BCUT2D eigenvalue weighted by molar-refractivity contribution is 6.11. The van der Waals surface area contributed by atoms with Gasteiger partial charge in [-0.25, -0.2) is 0 Å². The topological polar surface area (TPSA) is 76.1 Å². The van der Waals surface area contributed by atoms with Crippen LogP contribution in [0.25, 0.3) is 0 Å². The maximum Gasteiger partial charge on any atom is 0.264 e. The standard InChI is InChI=1S/C25H23NO5/c1-30-18-12-13-23(31-2)19(14-18)22(27)15-25(29)20-10-6-7-11-21(20)26(24(25)28)16-17-8-4-3-5-9-17/h3-14,29H,15-16H2,1-2H3. The first-order chi connectivity index (χ1) is 15.0. The number of aliphatic hydroxyl groups is 1. The van der Waals surface area contributed by atoms with E-state index in [1.807, 2.05) is 36.4 Å². The minimum Gasteiger partial charge on any atom is -0.497 e. The van der Waals surface area contributed by atoms with Crippen molar-refractivity contribution in [3.05, 3.63) is 89.5 Å². The number of hydrogen-bond donors (Lipinski definition) is 1. The van der Waals surface area contributed by atoms with Crippen LogP contribution in [0.1, 0.15) is 27.9 Å². The molecule has 1 heterocycles. The monoisotopic (exact) mass is 417 g/mol. The van der Waals surface area contributed by atoms with Crippen molar-refractivity contribution in [3.8, 4) is 11.5 Å². The summed E-state index contributed by atoms with van der Waals surface area (Å²) in [6.07, 6.45) is -0.405. The fraction of sp³-hybridized carbons (Fsp3) is 0.200. The molecule has 0 spiro atoms. The first-order valence-electron chi connectivity index (χ1n) is 9.91. The van der Waals surface area contributed by atoms with E-state index in [0.717, 1.165) is 5.56 Å². The van der Waals surface area contributed by atoms with Gasteiger partial charge in [-0.15, -0.1) is 0 Å². The first-order valence-corrected chi connectivity index (χ1v) is 9.91. The van der Waals surface area contributed by atoms with Gasteiger partial charge >= 0.3 is 0 Å². The number of anilines is 1. The third-order valence-electron chi connectivity index (χ3n) is 5.55. The van der Waals surface area contributed by atoms with E-state index < -0.39 is 23.7 Å². The van der Waals surface area contributed by atoms with Crippen molar-refractivity contribution in [2.45, 2.75) is 18.6 Å². The Morgan fingerprint density at radius 3 is 2.39 bits per heavy atom. The van der Waals surface area contributed by atoms with Crippen molar-refractivity contribution in [2.24, 2.45) is 0 Å². The van der Waals surface area contributed by atoms with E-state index in [1.165, 1.54) is 19.1 Å². The average Bonchev–Trinajstić information content (AvgIpc) is 3.01. The lowest BCUT2D eigenvalue weighted by Gasteiger charge is -2.23. The molecule has 0 aromatic heterocycles. The number of para-hydroxylation sites is 1. The second-order valence-electron chi connectivity index (χ2n) is 7.42. The average molecular weight is 417 g/mol. The molecule has 0 saturated heterocycles. The molecule has 3 aromatic carbocycles. The van der Waals surface area contributed by atoms with Gasteiger partial charge in [0.2, 0.25) is 0 Å². The smallest absolute Gasteiger partial charge is 0.264 e. The Kier molecular flexibility index (Phi) is 5.48. The molecule has 1 unspecified atom stereocenters. The molecule has 0 fully saturated rings. The van der Waals surface area contributed by atoms with E-state index >= 15 is 0 Å². The van der Waals surface area contributed by atoms with Gasteiger partial charge < -0.3 is 19.5 Å². The van der Waals surface area contributed by atoms with Crippen molar-refractivity contribution in [1.29, 1.82) is 0 Å². The van der Waals surface area contributed by atoms with Crippen molar-refractivity contribution in [2.75, 3.05) is 19.1 Å². The Morgan fingerprint density at radius 2 is 1.68 bits per heavy atom. The minimum atomic E-state index is -1.96. The molecule has 158 valence electrons. The fourth-order valence-electron chi connectivity index (χ4n) is 3.96. The normalized spacial score (nSPS) is 17.4. The van der Waals surface area contributed by atoms with Crippen LogP contribution in [0.2, 0.25) is 0 Å². The molecule has 3 aromatic rings.